The Balaban J connectivity index is 1.79. The summed E-state index contributed by atoms with van der Waals surface area (Å²) < 4.78 is 5.47. The number of anilines is 2. The van der Waals surface area contributed by atoms with E-state index in [1.54, 1.807) is 7.11 Å². The molecule has 28 heavy (non-hydrogen) atoms. The van der Waals surface area contributed by atoms with E-state index in [2.05, 4.69) is 27.1 Å². The molecule has 0 aliphatic carbocycles. The molecule has 0 spiro atoms. The molecule has 0 amide bonds. The molecule has 0 unspecified atom stereocenters. The van der Waals surface area contributed by atoms with Crippen molar-refractivity contribution in [2.45, 2.75) is 18.9 Å². The van der Waals surface area contributed by atoms with Crippen LogP contribution in [0, 0.1) is 5.41 Å². The first-order valence-corrected chi connectivity index (χ1v) is 10.1. The fraction of sp³-hybridized carbons (Fsp3) is 0.571. The molecule has 3 rings (SSSR count). The number of methoxy groups -OCH3 is 1. The number of allylic oxidation sites excluding steroid dienone is 1. The zero-order chi connectivity index (χ0) is 20.1. The van der Waals surface area contributed by atoms with Crippen LogP contribution >= 0.6 is 0 Å². The van der Waals surface area contributed by atoms with Crippen molar-refractivity contribution in [1.29, 1.82) is 5.41 Å². The lowest BCUT2D eigenvalue weighted by Crippen LogP contribution is -2.53. The number of benzene rings is 1. The number of piperazine rings is 1. The van der Waals surface area contributed by atoms with Crippen LogP contribution < -0.4 is 20.7 Å². The topological polar surface area (TPSA) is 80.8 Å². The van der Waals surface area contributed by atoms with E-state index in [0.29, 0.717) is 17.5 Å². The number of likely N-dealkylation sites (tertiary alicyclic amines) is 1. The molecule has 0 radical (unpaired) electrons. The summed E-state index contributed by atoms with van der Waals surface area (Å²) in [7, 11) is 5.70. The number of nitrogens with two attached hydrogens (primary N) is 1. The number of hydrogen-bond acceptors (Lipinski definition) is 7. The largest absolute Gasteiger partial charge is 0.495 e. The average Bonchev–Trinajstić information content (AvgIpc) is 2.72. The third kappa shape index (κ3) is 4.42. The van der Waals surface area contributed by atoms with Gasteiger partial charge in [0.1, 0.15) is 5.75 Å². The van der Waals surface area contributed by atoms with Gasteiger partial charge in [-0.15, -0.1) is 0 Å². The second-order valence-electron chi connectivity index (χ2n) is 7.70. The second kappa shape index (κ2) is 9.30. The number of hydrogen-bond donors (Lipinski definition) is 3. The molecule has 2 saturated heterocycles. The lowest BCUT2D eigenvalue weighted by Gasteiger charge is -2.43. The molecule has 7 heteroatoms. The summed E-state index contributed by atoms with van der Waals surface area (Å²) in [5, 5.41) is 10.9. The van der Waals surface area contributed by atoms with Crippen LogP contribution in [0.5, 0.6) is 5.75 Å². The Morgan fingerprint density at radius 3 is 2.43 bits per heavy atom. The fourth-order valence-electron chi connectivity index (χ4n) is 4.30. The van der Waals surface area contributed by atoms with Crippen molar-refractivity contribution < 1.29 is 4.74 Å². The molecule has 1 aromatic carbocycles. The number of nitrogen functional groups attached to an aromatic ring is 1. The third-order valence-corrected chi connectivity index (χ3v) is 5.97. The Morgan fingerprint density at radius 2 is 1.86 bits per heavy atom. The predicted octanol–water partition coefficient (Wildman–Crippen LogP) is 1.70. The Labute approximate surface area is 168 Å². The van der Waals surface area contributed by atoms with Crippen molar-refractivity contribution in [3.05, 3.63) is 23.9 Å². The normalized spacial score (nSPS) is 20.2. The third-order valence-electron chi connectivity index (χ3n) is 5.97. The van der Waals surface area contributed by atoms with Gasteiger partial charge in [0.25, 0.3) is 0 Å². The lowest BCUT2D eigenvalue weighted by molar-refractivity contribution is 0.115. The lowest BCUT2D eigenvalue weighted by atomic mass is 10.0. The van der Waals surface area contributed by atoms with Gasteiger partial charge in [0.15, 0.2) is 0 Å². The molecule has 4 N–H and O–H groups in total. The molecule has 0 atom stereocenters. The molecule has 0 saturated carbocycles. The first-order valence-electron chi connectivity index (χ1n) is 10.1. The molecule has 2 heterocycles. The molecular formula is C21H34N6O. The van der Waals surface area contributed by atoms with Gasteiger partial charge in [-0.1, -0.05) is 0 Å². The summed E-state index contributed by atoms with van der Waals surface area (Å²) in [6.07, 6.45) is 5.74. The van der Waals surface area contributed by atoms with Gasteiger partial charge < -0.3 is 31.0 Å². The van der Waals surface area contributed by atoms with Gasteiger partial charge in [-0.3, -0.25) is 4.90 Å². The van der Waals surface area contributed by atoms with E-state index >= 15 is 0 Å². The van der Waals surface area contributed by atoms with Crippen molar-refractivity contribution in [2.75, 3.05) is 71.1 Å². The van der Waals surface area contributed by atoms with Crippen LogP contribution in [-0.4, -0.2) is 82.5 Å². The van der Waals surface area contributed by atoms with Crippen LogP contribution in [0.3, 0.4) is 0 Å². The minimum absolute atomic E-state index is 0.593. The summed E-state index contributed by atoms with van der Waals surface area (Å²) >= 11 is 0. The van der Waals surface area contributed by atoms with E-state index in [9.17, 15) is 0 Å². The maximum Gasteiger partial charge on any atom is 0.143 e. The predicted molar refractivity (Wildman–Crippen MR) is 118 cm³/mol. The van der Waals surface area contributed by atoms with Crippen molar-refractivity contribution in [3.8, 4) is 5.75 Å². The van der Waals surface area contributed by atoms with Crippen LogP contribution in [0.25, 0.3) is 5.57 Å². The van der Waals surface area contributed by atoms with Gasteiger partial charge >= 0.3 is 0 Å². The molecule has 2 aliphatic heterocycles. The number of ether oxygens (including phenoxy) is 1. The van der Waals surface area contributed by atoms with Gasteiger partial charge in [0.2, 0.25) is 0 Å². The quantitative estimate of drug-likeness (QED) is 0.510. The monoisotopic (exact) mass is 386 g/mol. The first-order chi connectivity index (χ1) is 13.6. The summed E-state index contributed by atoms with van der Waals surface area (Å²) in [6.45, 7) is 6.46. The molecule has 0 bridgehead atoms. The maximum atomic E-state index is 7.83. The summed E-state index contributed by atoms with van der Waals surface area (Å²) in [5.41, 5.74) is 9.62. The van der Waals surface area contributed by atoms with Crippen LogP contribution in [-0.2, 0) is 0 Å². The van der Waals surface area contributed by atoms with E-state index in [4.69, 9.17) is 15.9 Å². The summed E-state index contributed by atoms with van der Waals surface area (Å²) in [4.78, 5) is 7.47. The van der Waals surface area contributed by atoms with Crippen LogP contribution in [0.1, 0.15) is 18.4 Å². The van der Waals surface area contributed by atoms with Crippen molar-refractivity contribution in [2.24, 2.45) is 0 Å². The van der Waals surface area contributed by atoms with Crippen LogP contribution in [0.2, 0.25) is 0 Å². The second-order valence-corrected chi connectivity index (χ2v) is 7.70. The van der Waals surface area contributed by atoms with E-state index in [1.807, 2.05) is 25.4 Å². The molecule has 154 valence electrons. The highest BCUT2D eigenvalue weighted by Crippen LogP contribution is 2.36. The fourth-order valence-corrected chi connectivity index (χ4v) is 4.30. The van der Waals surface area contributed by atoms with Crippen LogP contribution in [0.15, 0.2) is 18.3 Å². The molecule has 1 aromatic rings. The average molecular weight is 387 g/mol. The summed E-state index contributed by atoms with van der Waals surface area (Å²) in [5.74, 6) is 0.685. The maximum absolute atomic E-state index is 7.83. The molecule has 2 fully saturated rings. The minimum atomic E-state index is 0.593. The van der Waals surface area contributed by atoms with E-state index in [1.165, 1.54) is 32.1 Å². The molecular weight excluding hydrogens is 352 g/mol. The number of nitrogens with zero attached hydrogens (tertiary/aromatic N) is 3. The smallest absolute Gasteiger partial charge is 0.143 e. The Morgan fingerprint density at radius 1 is 1.18 bits per heavy atom. The highest BCUT2D eigenvalue weighted by Gasteiger charge is 2.28. The Kier molecular flexibility index (Phi) is 6.80. The van der Waals surface area contributed by atoms with Gasteiger partial charge in [0, 0.05) is 74.6 Å². The van der Waals surface area contributed by atoms with Crippen molar-refractivity contribution in [3.63, 3.8) is 0 Å². The van der Waals surface area contributed by atoms with Gasteiger partial charge in [-0.2, -0.15) is 0 Å². The van der Waals surface area contributed by atoms with E-state index in [0.717, 1.165) is 43.0 Å². The highest BCUT2D eigenvalue weighted by atomic mass is 16.5. The molecule has 7 nitrogen and oxygen atoms in total. The SMILES string of the molecule is CN/C=C(\C=N)c1cc(N)c(OC)cc1N1CCN(C2CCN(C)CC2)CC1. The first kappa shape index (κ1) is 20.5. The van der Waals surface area contributed by atoms with Gasteiger partial charge in [0.05, 0.1) is 12.8 Å². The molecule has 0 aromatic heterocycles. The van der Waals surface area contributed by atoms with Crippen molar-refractivity contribution >= 4 is 23.2 Å². The number of piperidine rings is 1. The highest BCUT2D eigenvalue weighted by molar-refractivity contribution is 6.11. The Hall–Kier alpha value is -2.25. The van der Waals surface area contributed by atoms with Crippen molar-refractivity contribution in [1.82, 2.24) is 15.1 Å². The van der Waals surface area contributed by atoms with Gasteiger partial charge in [-0.25, -0.2) is 0 Å². The number of nitrogens with one attached hydrogen (secondary N) is 2. The van der Waals surface area contributed by atoms with E-state index < -0.39 is 0 Å². The van der Waals surface area contributed by atoms with E-state index in [-0.39, 0.29) is 0 Å². The summed E-state index contributed by atoms with van der Waals surface area (Å²) in [6, 6.07) is 4.65. The standard InChI is InChI=1S/C21H34N6O/c1-24-15-16(14-22)18-12-19(23)21(28-3)13-20(18)27-10-8-26(9-11-27)17-4-6-25(2)7-5-17/h12-15,17,22,24H,4-11,23H2,1-3H3/b16-15+,22-14?. The van der Waals surface area contributed by atoms with Gasteiger partial charge in [-0.05, 0) is 39.0 Å². The van der Waals surface area contributed by atoms with Crippen LogP contribution in [0.4, 0.5) is 11.4 Å². The Bertz CT molecular complexity index is 703. The number of rotatable bonds is 6. The molecule has 2 aliphatic rings. The zero-order valence-electron chi connectivity index (χ0n) is 17.4. The zero-order valence-corrected chi connectivity index (χ0v) is 17.4. The minimum Gasteiger partial charge on any atom is -0.495 e.